The summed E-state index contributed by atoms with van der Waals surface area (Å²) >= 11 is 0. The Balaban J connectivity index is 1.78. The summed E-state index contributed by atoms with van der Waals surface area (Å²) in [4.78, 5) is 18.1. The number of likely N-dealkylation sites (tertiary alicyclic amines) is 1. The molecule has 0 spiro atoms. The van der Waals surface area contributed by atoms with E-state index < -0.39 is 5.60 Å². The maximum atomic E-state index is 12.2. The Morgan fingerprint density at radius 1 is 1.39 bits per heavy atom. The topological polar surface area (TPSA) is 59.4 Å². The largest absolute Gasteiger partial charge is 0.444 e. The second-order valence-electron chi connectivity index (χ2n) is 7.42. The summed E-state index contributed by atoms with van der Waals surface area (Å²) in [5, 5.41) is 3.68. The summed E-state index contributed by atoms with van der Waals surface area (Å²) in [5.41, 5.74) is -0.430. The molecule has 2 heterocycles. The van der Waals surface area contributed by atoms with Gasteiger partial charge in [0.05, 0.1) is 6.33 Å². The van der Waals surface area contributed by atoms with Crippen LogP contribution in [0.25, 0.3) is 0 Å². The standard InChI is InChI=1S/C17H30N4O2/c1-14(12-20-11-8-18-13-20)19-15-6-5-9-21(10-7-15)16(22)23-17(2,3)4/h8,11,13-15,19H,5-7,9-10,12H2,1-4H3. The number of hydrogen-bond donors (Lipinski definition) is 1. The molecular formula is C17H30N4O2. The molecule has 1 amide bonds. The quantitative estimate of drug-likeness (QED) is 0.926. The van der Waals surface area contributed by atoms with Crippen LogP contribution in [0.4, 0.5) is 4.79 Å². The summed E-state index contributed by atoms with van der Waals surface area (Å²) in [7, 11) is 0. The van der Waals surface area contributed by atoms with Crippen LogP contribution in [0.3, 0.4) is 0 Å². The van der Waals surface area contributed by atoms with E-state index >= 15 is 0 Å². The van der Waals surface area contributed by atoms with Crippen molar-refractivity contribution in [3.8, 4) is 0 Å². The summed E-state index contributed by atoms with van der Waals surface area (Å²) < 4.78 is 7.56. The van der Waals surface area contributed by atoms with Gasteiger partial charge in [0.1, 0.15) is 5.60 Å². The molecule has 1 saturated heterocycles. The summed E-state index contributed by atoms with van der Waals surface area (Å²) in [5.74, 6) is 0. The van der Waals surface area contributed by atoms with Crippen LogP contribution in [0, 0.1) is 0 Å². The van der Waals surface area contributed by atoms with E-state index in [9.17, 15) is 4.79 Å². The predicted octanol–water partition coefficient (Wildman–Crippen LogP) is 2.65. The van der Waals surface area contributed by atoms with E-state index in [1.165, 1.54) is 0 Å². The molecule has 6 heteroatoms. The van der Waals surface area contributed by atoms with E-state index in [1.807, 2.05) is 38.2 Å². The third-order valence-corrected chi connectivity index (χ3v) is 3.94. The van der Waals surface area contributed by atoms with Crippen molar-refractivity contribution in [3.63, 3.8) is 0 Å². The van der Waals surface area contributed by atoms with Crippen LogP contribution in [0.5, 0.6) is 0 Å². The van der Waals surface area contributed by atoms with Gasteiger partial charge in [-0.05, 0) is 47.0 Å². The normalized spacial score (nSPS) is 20.9. The molecule has 1 aromatic rings. The summed E-state index contributed by atoms with van der Waals surface area (Å²) in [6, 6.07) is 0.822. The number of aromatic nitrogens is 2. The number of amides is 1. The Hall–Kier alpha value is -1.56. The average molecular weight is 322 g/mol. The van der Waals surface area contributed by atoms with Gasteiger partial charge in [0.15, 0.2) is 0 Å². The van der Waals surface area contributed by atoms with Crippen molar-refractivity contribution >= 4 is 6.09 Å². The van der Waals surface area contributed by atoms with Gasteiger partial charge in [-0.15, -0.1) is 0 Å². The van der Waals surface area contributed by atoms with Gasteiger partial charge < -0.3 is 19.5 Å². The lowest BCUT2D eigenvalue weighted by Gasteiger charge is -2.26. The van der Waals surface area contributed by atoms with Gasteiger partial charge in [0.2, 0.25) is 0 Å². The van der Waals surface area contributed by atoms with Crippen molar-refractivity contribution in [2.45, 2.75) is 71.2 Å². The highest BCUT2D eigenvalue weighted by molar-refractivity contribution is 5.68. The molecule has 2 unspecified atom stereocenters. The van der Waals surface area contributed by atoms with Gasteiger partial charge in [-0.25, -0.2) is 9.78 Å². The van der Waals surface area contributed by atoms with Crippen molar-refractivity contribution in [3.05, 3.63) is 18.7 Å². The van der Waals surface area contributed by atoms with Gasteiger partial charge in [-0.3, -0.25) is 0 Å². The highest BCUT2D eigenvalue weighted by Crippen LogP contribution is 2.16. The molecule has 2 atom stereocenters. The van der Waals surface area contributed by atoms with E-state index in [4.69, 9.17) is 4.74 Å². The molecule has 1 fully saturated rings. The minimum absolute atomic E-state index is 0.190. The molecule has 1 aliphatic heterocycles. The Morgan fingerprint density at radius 3 is 2.83 bits per heavy atom. The Labute approximate surface area is 139 Å². The number of nitrogens with zero attached hydrogens (tertiary/aromatic N) is 3. The van der Waals surface area contributed by atoms with E-state index in [0.29, 0.717) is 12.1 Å². The average Bonchev–Trinajstić information content (AvgIpc) is 2.81. The van der Waals surface area contributed by atoms with E-state index in [-0.39, 0.29) is 6.09 Å². The number of rotatable bonds is 4. The molecule has 2 rings (SSSR count). The molecule has 0 bridgehead atoms. The Morgan fingerprint density at radius 2 is 2.17 bits per heavy atom. The monoisotopic (exact) mass is 322 g/mol. The van der Waals surface area contributed by atoms with E-state index in [0.717, 1.165) is 38.9 Å². The maximum absolute atomic E-state index is 12.2. The third kappa shape index (κ3) is 6.22. The van der Waals surface area contributed by atoms with Gasteiger partial charge in [0.25, 0.3) is 0 Å². The van der Waals surface area contributed by atoms with Crippen LogP contribution < -0.4 is 5.32 Å². The highest BCUT2D eigenvalue weighted by atomic mass is 16.6. The van der Waals surface area contributed by atoms with E-state index in [2.05, 4.69) is 21.8 Å². The van der Waals surface area contributed by atoms with Crippen molar-refractivity contribution in [1.29, 1.82) is 0 Å². The second kappa shape index (κ2) is 7.81. The molecule has 0 aromatic carbocycles. The predicted molar refractivity (Wildman–Crippen MR) is 90.3 cm³/mol. The lowest BCUT2D eigenvalue weighted by molar-refractivity contribution is 0.0256. The number of carbonyl (C=O) groups is 1. The fraction of sp³-hybridized carbons (Fsp3) is 0.765. The first-order chi connectivity index (χ1) is 10.8. The summed E-state index contributed by atoms with van der Waals surface area (Å²) in [6.45, 7) is 10.4. The zero-order valence-corrected chi connectivity index (χ0v) is 14.8. The van der Waals surface area contributed by atoms with Crippen LogP contribution in [0.15, 0.2) is 18.7 Å². The molecule has 130 valence electrons. The third-order valence-electron chi connectivity index (χ3n) is 3.94. The minimum Gasteiger partial charge on any atom is -0.444 e. The fourth-order valence-corrected chi connectivity index (χ4v) is 2.94. The lowest BCUT2D eigenvalue weighted by Crippen LogP contribution is -2.40. The Bertz CT molecular complexity index is 481. The van der Waals surface area contributed by atoms with Gasteiger partial charge in [-0.2, -0.15) is 0 Å². The number of imidazole rings is 1. The molecule has 23 heavy (non-hydrogen) atoms. The van der Waals surface area contributed by atoms with Crippen LogP contribution in [0.2, 0.25) is 0 Å². The first-order valence-electron chi connectivity index (χ1n) is 8.53. The first-order valence-corrected chi connectivity index (χ1v) is 8.53. The van der Waals surface area contributed by atoms with Crippen molar-refractivity contribution < 1.29 is 9.53 Å². The zero-order chi connectivity index (χ0) is 16.9. The molecule has 0 radical (unpaired) electrons. The van der Waals surface area contributed by atoms with Crippen molar-refractivity contribution in [2.24, 2.45) is 0 Å². The molecule has 6 nitrogen and oxygen atoms in total. The number of nitrogens with one attached hydrogen (secondary N) is 1. The number of ether oxygens (including phenoxy) is 1. The highest BCUT2D eigenvalue weighted by Gasteiger charge is 2.25. The smallest absolute Gasteiger partial charge is 0.410 e. The number of carbonyl (C=O) groups excluding carboxylic acids is 1. The first kappa shape index (κ1) is 17.8. The van der Waals surface area contributed by atoms with Crippen LogP contribution >= 0.6 is 0 Å². The van der Waals surface area contributed by atoms with Gasteiger partial charge in [0, 0.05) is 44.1 Å². The van der Waals surface area contributed by atoms with Crippen molar-refractivity contribution in [1.82, 2.24) is 19.8 Å². The SMILES string of the molecule is CC(Cn1ccnc1)NC1CCCN(C(=O)OC(C)(C)C)CC1. The molecular weight excluding hydrogens is 292 g/mol. The van der Waals surface area contributed by atoms with Gasteiger partial charge in [-0.1, -0.05) is 0 Å². The Kier molecular flexibility index (Phi) is 6.04. The summed E-state index contributed by atoms with van der Waals surface area (Å²) in [6.07, 6.45) is 8.50. The molecule has 1 aliphatic rings. The molecule has 0 aliphatic carbocycles. The van der Waals surface area contributed by atoms with Crippen LogP contribution in [-0.2, 0) is 11.3 Å². The second-order valence-corrected chi connectivity index (χ2v) is 7.42. The molecule has 0 saturated carbocycles. The van der Waals surface area contributed by atoms with Crippen LogP contribution in [-0.4, -0.2) is 51.3 Å². The lowest BCUT2D eigenvalue weighted by atomic mass is 10.1. The molecule has 1 aromatic heterocycles. The maximum Gasteiger partial charge on any atom is 0.410 e. The van der Waals surface area contributed by atoms with E-state index in [1.54, 1.807) is 6.20 Å². The number of hydrogen-bond acceptors (Lipinski definition) is 4. The molecule has 1 N–H and O–H groups in total. The van der Waals surface area contributed by atoms with Crippen molar-refractivity contribution in [2.75, 3.05) is 13.1 Å². The fourth-order valence-electron chi connectivity index (χ4n) is 2.94. The zero-order valence-electron chi connectivity index (χ0n) is 14.8. The van der Waals surface area contributed by atoms with Crippen LogP contribution in [0.1, 0.15) is 47.0 Å². The minimum atomic E-state index is -0.430. The van der Waals surface area contributed by atoms with Gasteiger partial charge >= 0.3 is 6.09 Å².